The Bertz CT molecular complexity index is 866. The van der Waals surface area contributed by atoms with E-state index in [9.17, 15) is 30.3 Å². The molecule has 1 fully saturated rings. The summed E-state index contributed by atoms with van der Waals surface area (Å²) in [6.45, 7) is 5.90. The molecular formula is C41H77NO8. The second-order valence-corrected chi connectivity index (χ2v) is 14.6. The van der Waals surface area contributed by atoms with E-state index in [0.29, 0.717) is 6.42 Å². The fourth-order valence-electron chi connectivity index (χ4n) is 6.47. The summed E-state index contributed by atoms with van der Waals surface area (Å²) in [6, 6.07) is -0.817. The Morgan fingerprint density at radius 2 is 1.22 bits per heavy atom. The Morgan fingerprint density at radius 1 is 0.720 bits per heavy atom. The second kappa shape index (κ2) is 31.2. The summed E-state index contributed by atoms with van der Waals surface area (Å²) in [6.07, 6.45) is 25.8. The number of carbonyl (C=O) groups excluding carboxylic acids is 1. The van der Waals surface area contributed by atoms with Gasteiger partial charge in [0.2, 0.25) is 5.91 Å². The Balaban J connectivity index is 2.51. The Hall–Kier alpha value is -1.33. The number of aliphatic hydroxyl groups is 5. The highest BCUT2D eigenvalue weighted by molar-refractivity contribution is 5.76. The monoisotopic (exact) mass is 712 g/mol. The zero-order chi connectivity index (χ0) is 36.8. The van der Waals surface area contributed by atoms with E-state index < -0.39 is 49.5 Å². The van der Waals surface area contributed by atoms with Crippen molar-refractivity contribution in [1.29, 1.82) is 0 Å². The Morgan fingerprint density at radius 3 is 1.74 bits per heavy atom. The number of amides is 1. The summed E-state index contributed by atoms with van der Waals surface area (Å²) < 4.78 is 11.2. The van der Waals surface area contributed by atoms with E-state index in [4.69, 9.17) is 9.47 Å². The van der Waals surface area contributed by atoms with Crippen molar-refractivity contribution in [2.75, 3.05) is 13.2 Å². The molecule has 0 aromatic rings. The molecular weight excluding hydrogens is 634 g/mol. The van der Waals surface area contributed by atoms with Crippen LogP contribution in [0.15, 0.2) is 23.8 Å². The van der Waals surface area contributed by atoms with Gasteiger partial charge in [-0.2, -0.15) is 0 Å². The number of ether oxygens (including phenoxy) is 2. The molecule has 9 heteroatoms. The maximum Gasteiger partial charge on any atom is 0.220 e. The van der Waals surface area contributed by atoms with Crippen LogP contribution in [0.25, 0.3) is 0 Å². The third-order valence-corrected chi connectivity index (χ3v) is 9.89. The SMILES string of the molecule is CCCCCCCCCCCCCCCC(=O)N[C@@H](CO[C@@H]1O[C@@H](CO)[C@H](O)[C@@H](O)[C@@H]1O)[C@H](O)/C=C/CC/C=C(\C)CCCCCCCCC. The van der Waals surface area contributed by atoms with Gasteiger partial charge in [-0.25, -0.2) is 0 Å². The maximum atomic E-state index is 12.9. The van der Waals surface area contributed by atoms with Crippen molar-refractivity contribution in [2.45, 2.75) is 218 Å². The molecule has 1 aliphatic rings. The van der Waals surface area contributed by atoms with E-state index in [-0.39, 0.29) is 12.5 Å². The molecule has 7 atom stereocenters. The van der Waals surface area contributed by atoms with Crippen LogP contribution in [0.4, 0.5) is 0 Å². The molecule has 1 heterocycles. The van der Waals surface area contributed by atoms with Gasteiger partial charge in [0.05, 0.1) is 25.4 Å². The second-order valence-electron chi connectivity index (χ2n) is 14.6. The largest absolute Gasteiger partial charge is 0.394 e. The quantitative estimate of drug-likeness (QED) is 0.0310. The van der Waals surface area contributed by atoms with Gasteiger partial charge in [-0.3, -0.25) is 4.79 Å². The number of aliphatic hydroxyl groups excluding tert-OH is 5. The van der Waals surface area contributed by atoms with E-state index in [1.807, 2.05) is 6.08 Å². The van der Waals surface area contributed by atoms with Crippen LogP contribution in [0.5, 0.6) is 0 Å². The minimum absolute atomic E-state index is 0.188. The first-order valence-corrected chi connectivity index (χ1v) is 20.5. The zero-order valence-corrected chi connectivity index (χ0v) is 32.1. The first-order chi connectivity index (χ1) is 24.2. The molecule has 6 N–H and O–H groups in total. The van der Waals surface area contributed by atoms with Crippen molar-refractivity contribution in [3.63, 3.8) is 0 Å². The van der Waals surface area contributed by atoms with E-state index >= 15 is 0 Å². The van der Waals surface area contributed by atoms with E-state index in [2.05, 4.69) is 32.2 Å². The summed E-state index contributed by atoms with van der Waals surface area (Å²) >= 11 is 0. The molecule has 0 aromatic heterocycles. The number of unbranched alkanes of at least 4 members (excludes halogenated alkanes) is 19. The van der Waals surface area contributed by atoms with Crippen LogP contribution in [0.3, 0.4) is 0 Å². The number of rotatable bonds is 32. The minimum atomic E-state index is -1.57. The van der Waals surface area contributed by atoms with Gasteiger partial charge >= 0.3 is 0 Å². The van der Waals surface area contributed by atoms with E-state index in [1.165, 1.54) is 115 Å². The molecule has 1 amide bonds. The minimum Gasteiger partial charge on any atom is -0.394 e. The molecule has 50 heavy (non-hydrogen) atoms. The number of hydrogen-bond donors (Lipinski definition) is 6. The van der Waals surface area contributed by atoms with Crippen molar-refractivity contribution >= 4 is 5.91 Å². The van der Waals surface area contributed by atoms with Crippen molar-refractivity contribution in [3.8, 4) is 0 Å². The average Bonchev–Trinajstić information content (AvgIpc) is 3.11. The standard InChI is InChI=1S/C41H77NO8/c1-4-6-8-10-12-13-14-15-16-17-19-21-26-30-37(45)42-34(32-49-41-40(48)39(47)38(46)36(31-43)50-41)35(44)29-25-22-24-28-33(3)27-23-20-18-11-9-7-5-2/h25,28-29,34-36,38-41,43-44,46-48H,4-24,26-27,30-32H2,1-3H3,(H,42,45)/b29-25+,33-28+/t34-,35+,36-,38-,39+,40-,41+/m0/s1. The van der Waals surface area contributed by atoms with Crippen LogP contribution in [0.1, 0.15) is 175 Å². The fraction of sp³-hybridized carbons (Fsp3) is 0.878. The smallest absolute Gasteiger partial charge is 0.220 e. The number of allylic oxidation sites excluding steroid dienone is 3. The van der Waals surface area contributed by atoms with Gasteiger partial charge in [0.25, 0.3) is 0 Å². The van der Waals surface area contributed by atoms with Crippen LogP contribution >= 0.6 is 0 Å². The van der Waals surface area contributed by atoms with Crippen LogP contribution in [0.2, 0.25) is 0 Å². The van der Waals surface area contributed by atoms with E-state index in [1.54, 1.807) is 6.08 Å². The van der Waals surface area contributed by atoms with Crippen LogP contribution in [0, 0.1) is 0 Å². The van der Waals surface area contributed by atoms with Gasteiger partial charge < -0.3 is 40.3 Å². The normalized spacial score (nSPS) is 22.6. The predicted molar refractivity (Wildman–Crippen MR) is 203 cm³/mol. The van der Waals surface area contributed by atoms with Crippen LogP contribution in [-0.2, 0) is 14.3 Å². The lowest BCUT2D eigenvalue weighted by Crippen LogP contribution is -2.60. The molecule has 0 aromatic carbocycles. The molecule has 0 unspecified atom stereocenters. The first-order valence-electron chi connectivity index (χ1n) is 20.5. The molecule has 0 aliphatic carbocycles. The predicted octanol–water partition coefficient (Wildman–Crippen LogP) is 7.55. The summed E-state index contributed by atoms with van der Waals surface area (Å²) in [5.74, 6) is -0.188. The molecule has 0 spiro atoms. The zero-order valence-electron chi connectivity index (χ0n) is 32.1. The highest BCUT2D eigenvalue weighted by atomic mass is 16.7. The fourth-order valence-corrected chi connectivity index (χ4v) is 6.47. The van der Waals surface area contributed by atoms with Gasteiger partial charge in [0.1, 0.15) is 24.4 Å². The van der Waals surface area contributed by atoms with Crippen molar-refractivity contribution in [2.24, 2.45) is 0 Å². The topological polar surface area (TPSA) is 149 Å². The third-order valence-electron chi connectivity index (χ3n) is 9.89. The van der Waals surface area contributed by atoms with Crippen molar-refractivity contribution < 1.29 is 39.8 Å². The molecule has 0 radical (unpaired) electrons. The highest BCUT2D eigenvalue weighted by Crippen LogP contribution is 2.22. The molecule has 1 aliphatic heterocycles. The first kappa shape index (κ1) is 46.7. The summed E-state index contributed by atoms with van der Waals surface area (Å²) in [4.78, 5) is 12.9. The number of nitrogens with one attached hydrogen (secondary N) is 1. The van der Waals surface area contributed by atoms with Crippen molar-refractivity contribution in [3.05, 3.63) is 23.8 Å². The van der Waals surface area contributed by atoms with Gasteiger partial charge in [0, 0.05) is 6.42 Å². The van der Waals surface area contributed by atoms with Crippen LogP contribution in [-0.4, -0.2) is 87.5 Å². The Kier molecular flexibility index (Phi) is 29.2. The number of carbonyl (C=O) groups is 1. The molecule has 9 nitrogen and oxygen atoms in total. The molecule has 0 saturated carbocycles. The average molecular weight is 712 g/mol. The van der Waals surface area contributed by atoms with Crippen LogP contribution < -0.4 is 5.32 Å². The maximum absolute atomic E-state index is 12.9. The van der Waals surface area contributed by atoms with Crippen molar-refractivity contribution in [1.82, 2.24) is 5.32 Å². The Labute approximate surface area is 305 Å². The molecule has 0 bridgehead atoms. The lowest BCUT2D eigenvalue weighted by molar-refractivity contribution is -0.302. The van der Waals surface area contributed by atoms with Gasteiger partial charge in [0.15, 0.2) is 6.29 Å². The van der Waals surface area contributed by atoms with Gasteiger partial charge in [-0.05, 0) is 39.0 Å². The highest BCUT2D eigenvalue weighted by Gasteiger charge is 2.44. The lowest BCUT2D eigenvalue weighted by atomic mass is 9.99. The lowest BCUT2D eigenvalue weighted by Gasteiger charge is -2.40. The number of hydrogen-bond acceptors (Lipinski definition) is 8. The summed E-state index contributed by atoms with van der Waals surface area (Å²) in [7, 11) is 0. The van der Waals surface area contributed by atoms with E-state index in [0.717, 1.165) is 38.5 Å². The van der Waals surface area contributed by atoms with Gasteiger partial charge in [-0.1, -0.05) is 153 Å². The summed E-state index contributed by atoms with van der Waals surface area (Å²) in [5, 5.41) is 54.0. The third kappa shape index (κ3) is 22.6. The molecule has 1 saturated heterocycles. The molecule has 1 rings (SSSR count). The molecule has 294 valence electrons. The summed E-state index contributed by atoms with van der Waals surface area (Å²) in [5.41, 5.74) is 1.39. The van der Waals surface area contributed by atoms with Gasteiger partial charge in [-0.15, -0.1) is 0 Å².